The molecule has 0 unspecified atom stereocenters. The van der Waals surface area contributed by atoms with E-state index in [0.29, 0.717) is 17.9 Å². The molecule has 0 aliphatic rings. The quantitative estimate of drug-likeness (QED) is 0.511. The van der Waals surface area contributed by atoms with Crippen LogP contribution in [0.3, 0.4) is 0 Å². The van der Waals surface area contributed by atoms with Crippen molar-refractivity contribution >= 4 is 11.5 Å². The van der Waals surface area contributed by atoms with E-state index < -0.39 is 17.3 Å². The van der Waals surface area contributed by atoms with Crippen LogP contribution in [0.25, 0.3) is 0 Å². The van der Waals surface area contributed by atoms with E-state index in [9.17, 15) is 14.3 Å². The van der Waals surface area contributed by atoms with Gasteiger partial charge in [-0.2, -0.15) is 0 Å². The zero-order chi connectivity index (χ0) is 14.7. The van der Waals surface area contributed by atoms with E-state index in [1.165, 1.54) is 0 Å². The molecule has 20 heavy (non-hydrogen) atoms. The van der Waals surface area contributed by atoms with E-state index in [1.807, 2.05) is 6.92 Å². The lowest BCUT2D eigenvalue weighted by atomic mass is 10.0. The van der Waals surface area contributed by atoms with Gasteiger partial charge in [0.25, 0.3) is 0 Å². The first-order valence-corrected chi connectivity index (χ1v) is 6.08. The van der Waals surface area contributed by atoms with E-state index in [-0.39, 0.29) is 11.3 Å². The largest absolute Gasteiger partial charge is 0.505 e. The van der Waals surface area contributed by atoms with Crippen LogP contribution in [0.5, 0.6) is 11.5 Å². The lowest BCUT2D eigenvalue weighted by Gasteiger charge is -2.08. The van der Waals surface area contributed by atoms with Gasteiger partial charge < -0.3 is 15.6 Å². The molecule has 2 aromatic rings. The number of ether oxygens (including phenoxy) is 1. The summed E-state index contributed by atoms with van der Waals surface area (Å²) >= 11 is 0. The van der Waals surface area contributed by atoms with Crippen molar-refractivity contribution in [3.63, 3.8) is 0 Å². The summed E-state index contributed by atoms with van der Waals surface area (Å²) in [5.41, 5.74) is 5.42. The fourth-order valence-electron chi connectivity index (χ4n) is 1.82. The molecular formula is C15H14FNO3. The summed E-state index contributed by atoms with van der Waals surface area (Å²) in [6.07, 6.45) is 0. The van der Waals surface area contributed by atoms with Gasteiger partial charge in [-0.15, -0.1) is 0 Å². The number of anilines is 1. The Balaban J connectivity index is 2.36. The Bertz CT molecular complexity index is 638. The van der Waals surface area contributed by atoms with Gasteiger partial charge in [0.2, 0.25) is 0 Å². The number of hydrogen-bond donors (Lipinski definition) is 2. The predicted molar refractivity (Wildman–Crippen MR) is 73.5 cm³/mol. The van der Waals surface area contributed by atoms with Crippen molar-refractivity contribution < 1.29 is 19.0 Å². The second kappa shape index (κ2) is 5.61. The van der Waals surface area contributed by atoms with Gasteiger partial charge in [-0.25, -0.2) is 4.39 Å². The summed E-state index contributed by atoms with van der Waals surface area (Å²) < 4.78 is 18.6. The molecule has 0 aliphatic heterocycles. The standard InChI is InChI=1S/C15H14FNO3/c1-2-20-11-5-3-9(4-6-11)14(18)12-7-10(16)8-13(17)15(12)19/h3-8,19H,2,17H2,1H3. The smallest absolute Gasteiger partial charge is 0.196 e. The Kier molecular flexibility index (Phi) is 3.89. The second-order valence-electron chi connectivity index (χ2n) is 4.18. The number of ketones is 1. The Labute approximate surface area is 115 Å². The molecule has 5 heteroatoms. The molecule has 0 aliphatic carbocycles. The van der Waals surface area contributed by atoms with Gasteiger partial charge in [-0.3, -0.25) is 4.79 Å². The average Bonchev–Trinajstić information content (AvgIpc) is 2.43. The Morgan fingerprint density at radius 1 is 1.30 bits per heavy atom. The number of phenols is 1. The first-order chi connectivity index (χ1) is 9.52. The normalized spacial score (nSPS) is 10.3. The maximum absolute atomic E-state index is 13.3. The lowest BCUT2D eigenvalue weighted by molar-refractivity contribution is 0.103. The highest BCUT2D eigenvalue weighted by Gasteiger charge is 2.17. The number of nitrogen functional groups attached to an aromatic ring is 1. The van der Waals surface area contributed by atoms with Gasteiger partial charge in [0, 0.05) is 11.6 Å². The molecule has 0 aromatic heterocycles. The fraction of sp³-hybridized carbons (Fsp3) is 0.133. The molecule has 0 atom stereocenters. The Hall–Kier alpha value is -2.56. The van der Waals surface area contributed by atoms with Crippen LogP contribution >= 0.6 is 0 Å². The number of carbonyl (C=O) groups is 1. The molecule has 0 saturated carbocycles. The SMILES string of the molecule is CCOc1ccc(C(=O)c2cc(F)cc(N)c2O)cc1. The number of rotatable bonds is 4. The summed E-state index contributed by atoms with van der Waals surface area (Å²) in [7, 11) is 0. The van der Waals surface area contributed by atoms with E-state index in [1.54, 1.807) is 24.3 Å². The number of nitrogens with two attached hydrogens (primary N) is 1. The van der Waals surface area contributed by atoms with Crippen LogP contribution < -0.4 is 10.5 Å². The number of carbonyl (C=O) groups excluding carboxylic acids is 1. The van der Waals surface area contributed by atoms with Crippen LogP contribution in [0, 0.1) is 5.82 Å². The zero-order valence-electron chi connectivity index (χ0n) is 10.9. The molecule has 0 heterocycles. The Morgan fingerprint density at radius 3 is 2.55 bits per heavy atom. The number of hydrogen-bond acceptors (Lipinski definition) is 4. The first kappa shape index (κ1) is 13.9. The van der Waals surface area contributed by atoms with Crippen molar-refractivity contribution in [3.8, 4) is 11.5 Å². The molecular weight excluding hydrogens is 261 g/mol. The molecule has 2 aromatic carbocycles. The molecule has 0 bridgehead atoms. The molecule has 0 radical (unpaired) electrons. The molecule has 2 rings (SSSR count). The van der Waals surface area contributed by atoms with Crippen molar-refractivity contribution in [2.45, 2.75) is 6.92 Å². The van der Waals surface area contributed by atoms with E-state index >= 15 is 0 Å². The van der Waals surface area contributed by atoms with E-state index in [2.05, 4.69) is 0 Å². The minimum absolute atomic E-state index is 0.161. The Morgan fingerprint density at radius 2 is 1.95 bits per heavy atom. The third-order valence-corrected chi connectivity index (χ3v) is 2.78. The van der Waals surface area contributed by atoms with E-state index in [4.69, 9.17) is 10.5 Å². The number of benzene rings is 2. The highest BCUT2D eigenvalue weighted by Crippen LogP contribution is 2.28. The van der Waals surface area contributed by atoms with Crippen LogP contribution in [0.2, 0.25) is 0 Å². The summed E-state index contributed by atoms with van der Waals surface area (Å²) in [4.78, 5) is 12.2. The summed E-state index contributed by atoms with van der Waals surface area (Å²) in [5.74, 6) is -0.955. The van der Waals surface area contributed by atoms with Crippen LogP contribution in [0.15, 0.2) is 36.4 Å². The van der Waals surface area contributed by atoms with Gasteiger partial charge in [-0.1, -0.05) is 0 Å². The minimum atomic E-state index is -0.672. The first-order valence-electron chi connectivity index (χ1n) is 6.08. The average molecular weight is 275 g/mol. The number of phenolic OH excluding ortho intramolecular Hbond substituents is 1. The molecule has 3 N–H and O–H groups in total. The highest BCUT2D eigenvalue weighted by atomic mass is 19.1. The van der Waals surface area contributed by atoms with Crippen molar-refractivity contribution in [2.24, 2.45) is 0 Å². The van der Waals surface area contributed by atoms with Gasteiger partial charge in [0.1, 0.15) is 17.3 Å². The predicted octanol–water partition coefficient (Wildman–Crippen LogP) is 2.74. The fourth-order valence-corrected chi connectivity index (χ4v) is 1.82. The van der Waals surface area contributed by atoms with Crippen LogP contribution in [0.4, 0.5) is 10.1 Å². The van der Waals surface area contributed by atoms with E-state index in [0.717, 1.165) is 12.1 Å². The second-order valence-corrected chi connectivity index (χ2v) is 4.18. The van der Waals surface area contributed by atoms with Gasteiger partial charge >= 0.3 is 0 Å². The summed E-state index contributed by atoms with van der Waals surface area (Å²) in [6, 6.07) is 8.30. The third kappa shape index (κ3) is 2.71. The highest BCUT2D eigenvalue weighted by molar-refractivity contribution is 6.11. The monoisotopic (exact) mass is 275 g/mol. The summed E-state index contributed by atoms with van der Waals surface area (Å²) in [5, 5.41) is 9.76. The molecule has 0 amide bonds. The summed E-state index contributed by atoms with van der Waals surface area (Å²) in [6.45, 7) is 2.38. The molecule has 4 nitrogen and oxygen atoms in total. The van der Waals surface area contributed by atoms with Crippen LogP contribution in [0.1, 0.15) is 22.8 Å². The van der Waals surface area contributed by atoms with Gasteiger partial charge in [0.15, 0.2) is 5.78 Å². The number of halogens is 1. The van der Waals surface area contributed by atoms with Crippen molar-refractivity contribution in [2.75, 3.05) is 12.3 Å². The molecule has 0 fully saturated rings. The zero-order valence-corrected chi connectivity index (χ0v) is 10.9. The maximum atomic E-state index is 13.3. The molecule has 0 spiro atoms. The number of aromatic hydroxyl groups is 1. The van der Waals surface area contributed by atoms with Crippen molar-refractivity contribution in [1.82, 2.24) is 0 Å². The van der Waals surface area contributed by atoms with Crippen molar-refractivity contribution in [3.05, 3.63) is 53.3 Å². The molecule has 0 saturated heterocycles. The van der Waals surface area contributed by atoms with Crippen LogP contribution in [-0.4, -0.2) is 17.5 Å². The van der Waals surface area contributed by atoms with Crippen LogP contribution in [-0.2, 0) is 0 Å². The van der Waals surface area contributed by atoms with Gasteiger partial charge in [0.05, 0.1) is 17.9 Å². The third-order valence-electron chi connectivity index (χ3n) is 2.78. The molecule has 104 valence electrons. The lowest BCUT2D eigenvalue weighted by Crippen LogP contribution is -2.04. The van der Waals surface area contributed by atoms with Crippen molar-refractivity contribution in [1.29, 1.82) is 0 Å². The topological polar surface area (TPSA) is 72.5 Å². The van der Waals surface area contributed by atoms with Gasteiger partial charge in [-0.05, 0) is 37.3 Å². The maximum Gasteiger partial charge on any atom is 0.196 e. The minimum Gasteiger partial charge on any atom is -0.505 e.